The normalized spacial score (nSPS) is 26.4. The summed E-state index contributed by atoms with van der Waals surface area (Å²) < 4.78 is 0. The summed E-state index contributed by atoms with van der Waals surface area (Å²) in [6, 6.07) is 0.493. The largest absolute Gasteiger partial charge is 0.266 e. The zero-order valence-corrected chi connectivity index (χ0v) is 7.57. The van der Waals surface area contributed by atoms with Crippen LogP contribution in [-0.2, 0) is 0 Å². The van der Waals surface area contributed by atoms with E-state index in [0.717, 1.165) is 6.42 Å². The van der Waals surface area contributed by atoms with Crippen LogP contribution in [0.15, 0.2) is 29.5 Å². The van der Waals surface area contributed by atoms with Gasteiger partial charge in [-0.05, 0) is 12.0 Å². The Hall–Kier alpha value is -1.05. The zero-order chi connectivity index (χ0) is 8.55. The lowest BCUT2D eigenvalue weighted by molar-refractivity contribution is 0.368. The molecule has 2 aliphatic rings. The molecule has 0 spiro atoms. The SMILES string of the molecule is CC(C)C1=NN2C=CC=C[C@@H]2C1. The molecule has 12 heavy (non-hydrogen) atoms. The molecule has 0 aliphatic carbocycles. The molecule has 0 aromatic carbocycles. The van der Waals surface area contributed by atoms with E-state index in [1.165, 1.54) is 5.71 Å². The number of hydrazone groups is 1. The standard InChI is InChI=1S/C10H14N2/c1-8(2)10-7-9-5-3-4-6-12(9)11-10/h3-6,8-9H,7H2,1-2H3/t9-/m1/s1. The van der Waals surface area contributed by atoms with Crippen molar-refractivity contribution < 1.29 is 0 Å². The molecule has 0 unspecified atom stereocenters. The molecule has 0 saturated heterocycles. The van der Waals surface area contributed by atoms with E-state index in [4.69, 9.17) is 0 Å². The first kappa shape index (κ1) is 7.59. The number of rotatable bonds is 1. The van der Waals surface area contributed by atoms with Gasteiger partial charge in [-0.1, -0.05) is 26.0 Å². The van der Waals surface area contributed by atoms with Crippen LogP contribution < -0.4 is 0 Å². The molecule has 0 N–H and O–H groups in total. The van der Waals surface area contributed by atoms with E-state index < -0.39 is 0 Å². The van der Waals surface area contributed by atoms with Crippen LogP contribution in [0.5, 0.6) is 0 Å². The molecule has 64 valence electrons. The van der Waals surface area contributed by atoms with Crippen molar-refractivity contribution in [1.82, 2.24) is 5.01 Å². The molecule has 0 bridgehead atoms. The van der Waals surface area contributed by atoms with Gasteiger partial charge in [0.15, 0.2) is 0 Å². The van der Waals surface area contributed by atoms with E-state index in [2.05, 4.69) is 36.1 Å². The summed E-state index contributed by atoms with van der Waals surface area (Å²) >= 11 is 0. The predicted octanol–water partition coefficient (Wildman–Crippen LogP) is 2.16. The summed E-state index contributed by atoms with van der Waals surface area (Å²) in [6.07, 6.45) is 9.47. The van der Waals surface area contributed by atoms with Crippen LogP contribution in [0.4, 0.5) is 0 Å². The van der Waals surface area contributed by atoms with Crippen molar-refractivity contribution in [3.63, 3.8) is 0 Å². The first-order valence-corrected chi connectivity index (χ1v) is 4.48. The zero-order valence-electron chi connectivity index (χ0n) is 7.57. The minimum absolute atomic E-state index is 0.493. The summed E-state index contributed by atoms with van der Waals surface area (Å²) in [5.74, 6) is 0.581. The molecule has 0 aromatic rings. The van der Waals surface area contributed by atoms with Crippen molar-refractivity contribution in [1.29, 1.82) is 0 Å². The van der Waals surface area contributed by atoms with Crippen LogP contribution >= 0.6 is 0 Å². The fraction of sp³-hybridized carbons (Fsp3) is 0.500. The molecule has 0 radical (unpaired) electrons. The van der Waals surface area contributed by atoms with Gasteiger partial charge in [0.2, 0.25) is 0 Å². The van der Waals surface area contributed by atoms with E-state index in [-0.39, 0.29) is 0 Å². The van der Waals surface area contributed by atoms with Crippen LogP contribution in [0, 0.1) is 5.92 Å². The van der Waals surface area contributed by atoms with Crippen molar-refractivity contribution in [2.45, 2.75) is 26.3 Å². The van der Waals surface area contributed by atoms with Gasteiger partial charge in [0, 0.05) is 18.3 Å². The second-order valence-electron chi connectivity index (χ2n) is 3.62. The van der Waals surface area contributed by atoms with E-state index >= 15 is 0 Å². The average molecular weight is 162 g/mol. The van der Waals surface area contributed by atoms with E-state index in [0.29, 0.717) is 12.0 Å². The third-order valence-electron chi connectivity index (χ3n) is 2.35. The molecule has 0 saturated carbocycles. The Morgan fingerprint density at radius 1 is 1.50 bits per heavy atom. The van der Waals surface area contributed by atoms with Gasteiger partial charge in [-0.25, -0.2) is 0 Å². The van der Waals surface area contributed by atoms with Gasteiger partial charge in [0.25, 0.3) is 0 Å². The number of hydrogen-bond donors (Lipinski definition) is 0. The number of nitrogens with zero attached hydrogens (tertiary/aromatic N) is 2. The highest BCUT2D eigenvalue weighted by atomic mass is 15.5. The fourth-order valence-electron chi connectivity index (χ4n) is 1.55. The maximum atomic E-state index is 4.52. The number of fused-ring (bicyclic) bond motifs is 1. The first-order valence-electron chi connectivity index (χ1n) is 4.48. The van der Waals surface area contributed by atoms with Crippen molar-refractivity contribution in [2.75, 3.05) is 0 Å². The Kier molecular flexibility index (Phi) is 1.75. The van der Waals surface area contributed by atoms with Crippen LogP contribution in [0.25, 0.3) is 0 Å². The highest BCUT2D eigenvalue weighted by molar-refractivity contribution is 5.88. The van der Waals surface area contributed by atoms with Crippen molar-refractivity contribution in [3.05, 3.63) is 24.4 Å². The molecular formula is C10H14N2. The number of allylic oxidation sites excluding steroid dienone is 2. The lowest BCUT2D eigenvalue weighted by atomic mass is 10.0. The second-order valence-corrected chi connectivity index (χ2v) is 3.62. The van der Waals surface area contributed by atoms with Crippen molar-refractivity contribution in [2.24, 2.45) is 11.0 Å². The Bertz CT molecular complexity index is 261. The Morgan fingerprint density at radius 2 is 2.33 bits per heavy atom. The van der Waals surface area contributed by atoms with Gasteiger partial charge >= 0.3 is 0 Å². The summed E-state index contributed by atoms with van der Waals surface area (Å²) in [5, 5.41) is 6.57. The molecule has 0 amide bonds. The second kappa shape index (κ2) is 2.77. The van der Waals surface area contributed by atoms with Crippen molar-refractivity contribution >= 4 is 5.71 Å². The highest BCUT2D eigenvalue weighted by Gasteiger charge is 2.24. The molecule has 2 heteroatoms. The lowest BCUT2D eigenvalue weighted by Crippen LogP contribution is -2.20. The van der Waals surface area contributed by atoms with Crippen LogP contribution in [-0.4, -0.2) is 16.8 Å². The quantitative estimate of drug-likeness (QED) is 0.577. The Balaban J connectivity index is 2.16. The van der Waals surface area contributed by atoms with Crippen LogP contribution in [0.1, 0.15) is 20.3 Å². The minimum Gasteiger partial charge on any atom is -0.266 e. The monoisotopic (exact) mass is 162 g/mol. The Morgan fingerprint density at radius 3 is 3.00 bits per heavy atom. The maximum Gasteiger partial charge on any atom is 0.0755 e. The number of hydrogen-bond acceptors (Lipinski definition) is 2. The van der Waals surface area contributed by atoms with Crippen LogP contribution in [0.3, 0.4) is 0 Å². The molecule has 2 nitrogen and oxygen atoms in total. The summed E-state index contributed by atoms with van der Waals surface area (Å²) in [6.45, 7) is 4.40. The van der Waals surface area contributed by atoms with Gasteiger partial charge in [0.05, 0.1) is 6.04 Å². The minimum atomic E-state index is 0.493. The smallest absolute Gasteiger partial charge is 0.0755 e. The average Bonchev–Trinajstić information content (AvgIpc) is 2.46. The van der Waals surface area contributed by atoms with Gasteiger partial charge < -0.3 is 0 Å². The third kappa shape index (κ3) is 1.17. The Labute approximate surface area is 73.3 Å². The van der Waals surface area contributed by atoms with Gasteiger partial charge in [-0.15, -0.1) is 0 Å². The molecule has 0 aromatic heterocycles. The summed E-state index contributed by atoms with van der Waals surface area (Å²) in [5.41, 5.74) is 1.32. The molecule has 1 atom stereocenters. The van der Waals surface area contributed by atoms with E-state index in [9.17, 15) is 0 Å². The fourth-order valence-corrected chi connectivity index (χ4v) is 1.55. The molecule has 2 aliphatic heterocycles. The van der Waals surface area contributed by atoms with Gasteiger partial charge in [-0.2, -0.15) is 5.10 Å². The molecule has 2 rings (SSSR count). The summed E-state index contributed by atoms with van der Waals surface area (Å²) in [4.78, 5) is 0. The van der Waals surface area contributed by atoms with Gasteiger partial charge in [0.1, 0.15) is 0 Å². The topological polar surface area (TPSA) is 15.6 Å². The lowest BCUT2D eigenvalue weighted by Gasteiger charge is -2.17. The third-order valence-corrected chi connectivity index (χ3v) is 2.35. The van der Waals surface area contributed by atoms with E-state index in [1.807, 2.05) is 12.3 Å². The molecule has 2 heterocycles. The summed E-state index contributed by atoms with van der Waals surface area (Å²) in [7, 11) is 0. The first-order chi connectivity index (χ1) is 5.77. The highest BCUT2D eigenvalue weighted by Crippen LogP contribution is 2.22. The maximum absolute atomic E-state index is 4.52. The molecular weight excluding hydrogens is 148 g/mol. The molecule has 0 fully saturated rings. The predicted molar refractivity (Wildman–Crippen MR) is 50.8 cm³/mol. The van der Waals surface area contributed by atoms with E-state index in [1.54, 1.807) is 0 Å². The van der Waals surface area contributed by atoms with Gasteiger partial charge in [-0.3, -0.25) is 5.01 Å². The van der Waals surface area contributed by atoms with Crippen molar-refractivity contribution in [3.8, 4) is 0 Å². The van der Waals surface area contributed by atoms with Crippen LogP contribution in [0.2, 0.25) is 0 Å².